The number of rotatable bonds is 3. The van der Waals surface area contributed by atoms with Crippen LogP contribution in [0, 0.1) is 0 Å². The molecule has 94 valence electrons. The lowest BCUT2D eigenvalue weighted by molar-refractivity contribution is 0.483. The van der Waals surface area contributed by atoms with Gasteiger partial charge in [0.05, 0.1) is 0 Å². The van der Waals surface area contributed by atoms with Gasteiger partial charge in [-0.25, -0.2) is 0 Å². The minimum Gasteiger partial charge on any atom is -0.457 e. The van der Waals surface area contributed by atoms with Crippen molar-refractivity contribution in [1.29, 1.82) is 0 Å². The van der Waals surface area contributed by atoms with E-state index in [1.54, 1.807) is 11.3 Å². The summed E-state index contributed by atoms with van der Waals surface area (Å²) in [5, 5.41) is 2.04. The normalized spacial score (nSPS) is 10.3. The van der Waals surface area contributed by atoms with Crippen molar-refractivity contribution in [1.82, 2.24) is 0 Å². The zero-order valence-electron chi connectivity index (χ0n) is 10.2. The molecule has 2 nitrogen and oxygen atoms in total. The molecule has 19 heavy (non-hydrogen) atoms. The third-order valence-corrected chi connectivity index (χ3v) is 3.69. The number of hydrogen-bond acceptors (Lipinski definition) is 3. The smallest absolute Gasteiger partial charge is 0.128 e. The summed E-state index contributed by atoms with van der Waals surface area (Å²) in [6.07, 6.45) is 0. The molecule has 0 aliphatic heterocycles. The first kappa shape index (κ1) is 11.8. The van der Waals surface area contributed by atoms with Gasteiger partial charge >= 0.3 is 0 Å². The predicted octanol–water partition coefficient (Wildman–Crippen LogP) is 4.79. The van der Waals surface area contributed by atoms with Gasteiger partial charge in [-0.05, 0) is 41.8 Å². The zero-order valence-corrected chi connectivity index (χ0v) is 11.1. The molecule has 0 aliphatic carbocycles. The monoisotopic (exact) mass is 267 g/mol. The molecule has 0 radical (unpaired) electrons. The van der Waals surface area contributed by atoms with Crippen molar-refractivity contribution in [2.75, 3.05) is 5.73 Å². The van der Waals surface area contributed by atoms with Crippen molar-refractivity contribution in [2.24, 2.45) is 0 Å². The summed E-state index contributed by atoms with van der Waals surface area (Å²) in [6.45, 7) is 0. The van der Waals surface area contributed by atoms with E-state index in [4.69, 9.17) is 10.5 Å². The van der Waals surface area contributed by atoms with Crippen molar-refractivity contribution in [3.63, 3.8) is 0 Å². The van der Waals surface area contributed by atoms with Gasteiger partial charge in [0, 0.05) is 16.1 Å². The van der Waals surface area contributed by atoms with Crippen molar-refractivity contribution in [3.05, 3.63) is 66.0 Å². The van der Waals surface area contributed by atoms with E-state index in [0.717, 1.165) is 27.6 Å². The number of para-hydroxylation sites is 1. The summed E-state index contributed by atoms with van der Waals surface area (Å²) in [4.78, 5) is 1.15. The number of anilines is 1. The quantitative estimate of drug-likeness (QED) is 0.692. The van der Waals surface area contributed by atoms with Crippen LogP contribution in [0.25, 0.3) is 10.4 Å². The molecule has 2 aromatic carbocycles. The van der Waals surface area contributed by atoms with Gasteiger partial charge in [-0.3, -0.25) is 0 Å². The van der Waals surface area contributed by atoms with Crippen LogP contribution in [0.2, 0.25) is 0 Å². The van der Waals surface area contributed by atoms with Crippen LogP contribution >= 0.6 is 11.3 Å². The minimum absolute atomic E-state index is 0.767. The Morgan fingerprint density at radius 1 is 0.842 bits per heavy atom. The largest absolute Gasteiger partial charge is 0.457 e. The van der Waals surface area contributed by atoms with Gasteiger partial charge in [-0.2, -0.15) is 0 Å². The molecule has 1 heterocycles. The molecule has 3 rings (SSSR count). The first-order valence-electron chi connectivity index (χ1n) is 5.99. The van der Waals surface area contributed by atoms with Gasteiger partial charge in [-0.15, -0.1) is 11.3 Å². The van der Waals surface area contributed by atoms with Crippen LogP contribution in [0.4, 0.5) is 5.69 Å². The van der Waals surface area contributed by atoms with Crippen molar-refractivity contribution in [2.45, 2.75) is 0 Å². The molecule has 0 saturated carbocycles. The number of nitrogens with two attached hydrogens (primary N) is 1. The van der Waals surface area contributed by atoms with Gasteiger partial charge < -0.3 is 10.5 Å². The lowest BCUT2D eigenvalue weighted by atomic mass is 10.1. The Balaban J connectivity index is 1.94. The topological polar surface area (TPSA) is 35.2 Å². The fourth-order valence-corrected chi connectivity index (χ4v) is 2.63. The predicted molar refractivity (Wildman–Crippen MR) is 80.7 cm³/mol. The summed E-state index contributed by atoms with van der Waals surface area (Å²) in [7, 11) is 0. The van der Waals surface area contributed by atoms with E-state index < -0.39 is 0 Å². The molecule has 0 amide bonds. The molecular formula is C16H13NOS. The van der Waals surface area contributed by atoms with Crippen LogP contribution < -0.4 is 10.5 Å². The molecule has 0 fully saturated rings. The number of benzene rings is 2. The highest BCUT2D eigenvalue weighted by atomic mass is 32.1. The highest BCUT2D eigenvalue weighted by Gasteiger charge is 2.06. The average Bonchev–Trinajstić information content (AvgIpc) is 2.96. The Hall–Kier alpha value is -2.26. The number of nitrogen functional groups attached to an aromatic ring is 1. The average molecular weight is 267 g/mol. The van der Waals surface area contributed by atoms with E-state index in [9.17, 15) is 0 Å². The molecule has 0 saturated heterocycles. The van der Waals surface area contributed by atoms with E-state index in [0.29, 0.717) is 0 Å². The van der Waals surface area contributed by atoms with E-state index in [-0.39, 0.29) is 0 Å². The first-order chi connectivity index (χ1) is 9.33. The highest BCUT2D eigenvalue weighted by molar-refractivity contribution is 7.13. The molecule has 3 aromatic rings. The Bertz CT molecular complexity index is 662. The lowest BCUT2D eigenvalue weighted by Crippen LogP contribution is -1.90. The number of hydrogen-bond donors (Lipinski definition) is 1. The third-order valence-electron chi connectivity index (χ3n) is 2.79. The van der Waals surface area contributed by atoms with Gasteiger partial charge in [0.15, 0.2) is 0 Å². The van der Waals surface area contributed by atoms with E-state index in [1.807, 2.05) is 60.0 Å². The summed E-state index contributed by atoms with van der Waals surface area (Å²) < 4.78 is 5.82. The van der Waals surface area contributed by atoms with Gasteiger partial charge in [0.25, 0.3) is 0 Å². The summed E-state index contributed by atoms with van der Waals surface area (Å²) in [5.41, 5.74) is 7.81. The first-order valence-corrected chi connectivity index (χ1v) is 6.87. The number of thiophene rings is 1. The standard InChI is InChI=1S/C16H13NOS/c17-15-9-8-13(18-12-5-2-1-3-6-12)11-14(15)16-7-4-10-19-16/h1-11H,17H2. The highest BCUT2D eigenvalue weighted by Crippen LogP contribution is 2.34. The molecule has 3 heteroatoms. The maximum atomic E-state index is 6.03. The van der Waals surface area contributed by atoms with E-state index in [1.165, 1.54) is 0 Å². The second-order valence-corrected chi connectivity index (χ2v) is 5.09. The van der Waals surface area contributed by atoms with Gasteiger partial charge in [0.2, 0.25) is 0 Å². The molecule has 0 aliphatic rings. The molecule has 2 N–H and O–H groups in total. The molecular weight excluding hydrogens is 254 g/mol. The second-order valence-electron chi connectivity index (χ2n) is 4.14. The van der Waals surface area contributed by atoms with Crippen molar-refractivity contribution < 1.29 is 4.74 Å². The summed E-state index contributed by atoms with van der Waals surface area (Å²) in [5.74, 6) is 1.62. The third kappa shape index (κ3) is 2.61. The Labute approximate surface area is 116 Å². The Morgan fingerprint density at radius 2 is 1.68 bits per heavy atom. The van der Waals surface area contributed by atoms with E-state index in [2.05, 4.69) is 6.07 Å². The Morgan fingerprint density at radius 3 is 2.42 bits per heavy atom. The van der Waals surface area contributed by atoms with Crippen LogP contribution in [0.1, 0.15) is 0 Å². The minimum atomic E-state index is 0.767. The van der Waals surface area contributed by atoms with Crippen LogP contribution in [0.5, 0.6) is 11.5 Å². The lowest BCUT2D eigenvalue weighted by Gasteiger charge is -2.09. The van der Waals surface area contributed by atoms with Gasteiger partial charge in [0.1, 0.15) is 11.5 Å². The SMILES string of the molecule is Nc1ccc(Oc2ccccc2)cc1-c1cccs1. The molecule has 0 bridgehead atoms. The summed E-state index contributed by atoms with van der Waals surface area (Å²) in [6, 6.07) is 19.6. The van der Waals surface area contributed by atoms with Crippen molar-refractivity contribution in [3.8, 4) is 21.9 Å². The maximum absolute atomic E-state index is 6.03. The van der Waals surface area contributed by atoms with Crippen LogP contribution in [-0.4, -0.2) is 0 Å². The maximum Gasteiger partial charge on any atom is 0.128 e. The van der Waals surface area contributed by atoms with Crippen molar-refractivity contribution >= 4 is 17.0 Å². The van der Waals surface area contributed by atoms with Crippen LogP contribution in [0.3, 0.4) is 0 Å². The number of ether oxygens (including phenoxy) is 1. The fourth-order valence-electron chi connectivity index (χ4n) is 1.87. The molecule has 0 unspecified atom stereocenters. The van der Waals surface area contributed by atoms with E-state index >= 15 is 0 Å². The van der Waals surface area contributed by atoms with Crippen LogP contribution in [-0.2, 0) is 0 Å². The fraction of sp³-hybridized carbons (Fsp3) is 0. The molecule has 0 spiro atoms. The zero-order chi connectivity index (χ0) is 13.1. The molecule has 1 aromatic heterocycles. The van der Waals surface area contributed by atoms with Crippen LogP contribution in [0.15, 0.2) is 66.0 Å². The molecule has 0 atom stereocenters. The second kappa shape index (κ2) is 5.16. The van der Waals surface area contributed by atoms with Gasteiger partial charge in [-0.1, -0.05) is 24.3 Å². The summed E-state index contributed by atoms with van der Waals surface area (Å²) >= 11 is 1.67. The Kier molecular flexibility index (Phi) is 3.21.